The van der Waals surface area contributed by atoms with E-state index in [-0.39, 0.29) is 5.56 Å². The monoisotopic (exact) mass is 569 g/mol. The number of fused-ring (bicyclic) bond motifs is 2. The van der Waals surface area contributed by atoms with Crippen LogP contribution in [0.4, 0.5) is 5.69 Å². The molecule has 32 heavy (non-hydrogen) atoms. The van der Waals surface area contributed by atoms with Crippen molar-refractivity contribution in [2.24, 2.45) is 0 Å². The first-order valence-electron chi connectivity index (χ1n) is 9.46. The lowest BCUT2D eigenvalue weighted by molar-refractivity contribution is 0.102. The summed E-state index contributed by atoms with van der Waals surface area (Å²) in [6.07, 6.45) is 1.74. The zero-order chi connectivity index (χ0) is 22.4. The molecule has 0 unspecified atom stereocenters. The van der Waals surface area contributed by atoms with Crippen LogP contribution in [0.5, 0.6) is 0 Å². The van der Waals surface area contributed by atoms with Crippen LogP contribution in [0.15, 0.2) is 72.9 Å². The highest BCUT2D eigenvalue weighted by Gasteiger charge is 2.18. The molecule has 3 heterocycles. The summed E-state index contributed by atoms with van der Waals surface area (Å²) in [5, 5.41) is 4.28. The third-order valence-electron chi connectivity index (χ3n) is 4.98. The van der Waals surface area contributed by atoms with E-state index < -0.39 is 11.5 Å². The molecule has 3 aromatic heterocycles. The van der Waals surface area contributed by atoms with Gasteiger partial charge in [0.05, 0.1) is 4.47 Å². The molecule has 0 saturated heterocycles. The van der Waals surface area contributed by atoms with Gasteiger partial charge in [-0.1, -0.05) is 39.4 Å². The minimum atomic E-state index is -0.705. The Morgan fingerprint density at radius 2 is 1.97 bits per heavy atom. The first-order valence-corrected chi connectivity index (χ1v) is 11.9. The first kappa shape index (κ1) is 21.0. The highest BCUT2D eigenvalue weighted by atomic mass is 79.9. The van der Waals surface area contributed by atoms with Crippen LogP contribution in [0.25, 0.3) is 31.9 Å². The number of hydrogen-bond acceptors (Lipinski definition) is 6. The van der Waals surface area contributed by atoms with Crippen LogP contribution in [0, 0.1) is 6.92 Å². The Hall–Kier alpha value is -2.88. The van der Waals surface area contributed by atoms with E-state index in [0.717, 1.165) is 31.0 Å². The molecule has 2 aromatic carbocycles. The molecule has 158 valence electrons. The van der Waals surface area contributed by atoms with Crippen LogP contribution in [0.2, 0.25) is 0 Å². The number of nitrogens with zero attached hydrogens (tertiary/aromatic N) is 2. The van der Waals surface area contributed by atoms with Crippen molar-refractivity contribution >= 4 is 76.1 Å². The van der Waals surface area contributed by atoms with E-state index in [9.17, 15) is 9.59 Å². The molecule has 0 fully saturated rings. The van der Waals surface area contributed by atoms with Crippen molar-refractivity contribution < 1.29 is 9.21 Å². The highest BCUT2D eigenvalue weighted by Crippen LogP contribution is 2.34. The van der Waals surface area contributed by atoms with Crippen LogP contribution in [0.1, 0.15) is 15.9 Å². The predicted octanol–water partition coefficient (Wildman–Crippen LogP) is 6.55. The number of nitrogens with one attached hydrogen (secondary N) is 1. The molecule has 6 nitrogen and oxygen atoms in total. The lowest BCUT2D eigenvalue weighted by Crippen LogP contribution is -2.21. The molecule has 5 rings (SSSR count). The van der Waals surface area contributed by atoms with Crippen molar-refractivity contribution in [3.05, 3.63) is 85.2 Å². The topological polar surface area (TPSA) is 85.1 Å². The molecule has 0 aliphatic heterocycles. The number of benzene rings is 2. The summed E-state index contributed by atoms with van der Waals surface area (Å²) in [5.74, 6) is -0.539. The van der Waals surface area contributed by atoms with Crippen molar-refractivity contribution in [1.29, 1.82) is 0 Å². The normalized spacial score (nSPS) is 11.2. The van der Waals surface area contributed by atoms with Gasteiger partial charge in [0.15, 0.2) is 5.58 Å². The van der Waals surface area contributed by atoms with Crippen LogP contribution < -0.4 is 10.9 Å². The maximum Gasteiger partial charge on any atom is 0.349 e. The number of carbonyl (C=O) groups excluding carboxylic acids is 1. The highest BCUT2D eigenvalue weighted by molar-refractivity contribution is 9.11. The first-order chi connectivity index (χ1) is 15.4. The minimum absolute atomic E-state index is 0.0727. The summed E-state index contributed by atoms with van der Waals surface area (Å²) in [4.78, 5) is 35.3. The summed E-state index contributed by atoms with van der Waals surface area (Å²) in [7, 11) is 0. The van der Waals surface area contributed by atoms with E-state index in [4.69, 9.17) is 4.42 Å². The van der Waals surface area contributed by atoms with Crippen molar-refractivity contribution in [2.45, 2.75) is 6.92 Å². The minimum Gasteiger partial charge on any atom is -0.421 e. The number of thiazole rings is 1. The van der Waals surface area contributed by atoms with Gasteiger partial charge in [0, 0.05) is 27.3 Å². The van der Waals surface area contributed by atoms with E-state index >= 15 is 0 Å². The summed E-state index contributed by atoms with van der Waals surface area (Å²) >= 11 is 8.27. The number of amides is 1. The van der Waals surface area contributed by atoms with Gasteiger partial charge in [-0.15, -0.1) is 0 Å². The summed E-state index contributed by atoms with van der Waals surface area (Å²) in [5.41, 5.74) is 2.76. The lowest BCUT2D eigenvalue weighted by atomic mass is 10.1. The van der Waals surface area contributed by atoms with Gasteiger partial charge in [-0.2, -0.15) is 0 Å². The van der Waals surface area contributed by atoms with Crippen molar-refractivity contribution in [3.63, 3.8) is 0 Å². The molecular weight excluding hydrogens is 558 g/mol. The molecule has 0 aliphatic carbocycles. The fraction of sp³-hybridized carbons (Fsp3) is 0.0435. The standard InChI is InChI=1S/C23H13Br2N3O3S/c1-11-14(21-28-18-6-3-7-26-22(18)32-21)4-2-5-17(11)27-20(29)15-9-12-8-13(24)10-16(25)19(12)31-23(15)30/h2-10H,1H3,(H,27,29). The summed E-state index contributed by atoms with van der Waals surface area (Å²) in [6.45, 7) is 1.90. The molecule has 0 atom stereocenters. The largest absolute Gasteiger partial charge is 0.421 e. The smallest absolute Gasteiger partial charge is 0.349 e. The average molecular weight is 571 g/mol. The van der Waals surface area contributed by atoms with Gasteiger partial charge in [-0.25, -0.2) is 14.8 Å². The van der Waals surface area contributed by atoms with E-state index in [0.29, 0.717) is 21.1 Å². The predicted molar refractivity (Wildman–Crippen MR) is 133 cm³/mol. The molecule has 9 heteroatoms. The molecule has 1 N–H and O–H groups in total. The number of halogens is 2. The molecular formula is C23H13Br2N3O3S. The molecule has 0 aliphatic rings. The van der Waals surface area contributed by atoms with E-state index in [1.165, 1.54) is 17.4 Å². The average Bonchev–Trinajstić information content (AvgIpc) is 3.19. The molecule has 5 aromatic rings. The molecule has 0 bridgehead atoms. The Morgan fingerprint density at radius 3 is 2.78 bits per heavy atom. The third kappa shape index (κ3) is 3.76. The summed E-state index contributed by atoms with van der Waals surface area (Å²) < 4.78 is 6.82. The van der Waals surface area contributed by atoms with Crippen LogP contribution in [-0.2, 0) is 0 Å². The van der Waals surface area contributed by atoms with Gasteiger partial charge >= 0.3 is 5.63 Å². The Morgan fingerprint density at radius 1 is 1.12 bits per heavy atom. The quantitative estimate of drug-likeness (QED) is 0.249. The van der Waals surface area contributed by atoms with Gasteiger partial charge in [0.1, 0.15) is 20.9 Å². The van der Waals surface area contributed by atoms with E-state index in [2.05, 4.69) is 47.1 Å². The maximum absolute atomic E-state index is 13.0. The Kier molecular flexibility index (Phi) is 5.40. The van der Waals surface area contributed by atoms with Crippen molar-refractivity contribution in [3.8, 4) is 10.6 Å². The molecule has 0 saturated carbocycles. The van der Waals surface area contributed by atoms with Crippen molar-refractivity contribution in [2.75, 3.05) is 5.32 Å². The second kappa shape index (κ2) is 8.23. The van der Waals surface area contributed by atoms with Crippen LogP contribution in [0.3, 0.4) is 0 Å². The second-order valence-electron chi connectivity index (χ2n) is 7.03. The number of hydrogen-bond donors (Lipinski definition) is 1. The fourth-order valence-corrected chi connectivity index (χ4v) is 5.72. The Balaban J connectivity index is 1.52. The van der Waals surface area contributed by atoms with E-state index in [1.807, 2.05) is 31.2 Å². The Bertz CT molecular complexity index is 1560. The summed E-state index contributed by atoms with van der Waals surface area (Å²) in [6, 6.07) is 14.4. The van der Waals surface area contributed by atoms with Gasteiger partial charge < -0.3 is 9.73 Å². The zero-order valence-corrected chi connectivity index (χ0v) is 20.5. The number of carbonyl (C=O) groups is 1. The number of rotatable bonds is 3. The maximum atomic E-state index is 13.0. The van der Waals surface area contributed by atoms with Crippen LogP contribution in [-0.4, -0.2) is 15.9 Å². The zero-order valence-electron chi connectivity index (χ0n) is 16.5. The lowest BCUT2D eigenvalue weighted by Gasteiger charge is -2.11. The van der Waals surface area contributed by atoms with Gasteiger partial charge in [0.2, 0.25) is 0 Å². The van der Waals surface area contributed by atoms with Gasteiger partial charge in [-0.05, 0) is 64.8 Å². The number of aromatic nitrogens is 2. The van der Waals surface area contributed by atoms with E-state index in [1.54, 1.807) is 24.4 Å². The molecule has 1 amide bonds. The number of pyridine rings is 1. The van der Waals surface area contributed by atoms with Crippen molar-refractivity contribution in [1.82, 2.24) is 9.97 Å². The number of anilines is 1. The van der Waals surface area contributed by atoms with Gasteiger partial charge in [0.25, 0.3) is 5.91 Å². The Labute approximate surface area is 202 Å². The molecule has 0 radical (unpaired) electrons. The van der Waals surface area contributed by atoms with Crippen LogP contribution >= 0.6 is 43.2 Å². The third-order valence-corrected chi connectivity index (χ3v) is 7.03. The fourth-order valence-electron chi connectivity index (χ4n) is 3.39. The molecule has 0 spiro atoms. The second-order valence-corrected chi connectivity index (χ2v) is 9.78. The SMILES string of the molecule is Cc1c(NC(=O)c2cc3cc(Br)cc(Br)c3oc2=O)cccc1-c1nc2cccnc2s1. The van der Waals surface area contributed by atoms with Gasteiger partial charge in [-0.3, -0.25) is 4.79 Å².